The van der Waals surface area contributed by atoms with E-state index in [9.17, 15) is 10.2 Å². The van der Waals surface area contributed by atoms with Crippen LogP contribution in [0.1, 0.15) is 18.1 Å². The molecule has 0 aromatic heterocycles. The van der Waals surface area contributed by atoms with E-state index in [2.05, 4.69) is 0 Å². The lowest BCUT2D eigenvalue weighted by molar-refractivity contribution is 0.455. The van der Waals surface area contributed by atoms with Crippen molar-refractivity contribution in [3.63, 3.8) is 0 Å². The smallest absolute Gasteiger partial charge is 0.119 e. The molecule has 2 nitrogen and oxygen atoms in total. The van der Waals surface area contributed by atoms with Gasteiger partial charge in [-0.15, -0.1) is 0 Å². The van der Waals surface area contributed by atoms with Crippen LogP contribution in [0.5, 0.6) is 11.5 Å². The van der Waals surface area contributed by atoms with Gasteiger partial charge >= 0.3 is 0 Å². The molecule has 1 rings (SSSR count). The molecule has 3 heteroatoms. The van der Waals surface area contributed by atoms with Crippen LogP contribution in [0.4, 0.5) is 0 Å². The Labute approximate surface area is 73.3 Å². The number of hydrogen-bond donors (Lipinski definition) is 2. The molecule has 0 saturated heterocycles. The summed E-state index contributed by atoms with van der Waals surface area (Å²) in [6, 6.07) is 1.54. The van der Waals surface area contributed by atoms with Crippen LogP contribution in [0.3, 0.4) is 0 Å². The Hall–Kier alpha value is -1.12. The van der Waals surface area contributed by atoms with Crippen molar-refractivity contribution in [3.8, 4) is 11.5 Å². The molecule has 12 heavy (non-hydrogen) atoms. The van der Waals surface area contributed by atoms with Crippen LogP contribution in [-0.4, -0.2) is 18.1 Å². The third kappa shape index (κ3) is 1.27. The van der Waals surface area contributed by atoms with Gasteiger partial charge in [-0.05, 0) is 36.0 Å². The third-order valence-corrected chi connectivity index (χ3v) is 2.04. The van der Waals surface area contributed by atoms with E-state index in [0.717, 1.165) is 0 Å². The molecule has 1 aromatic carbocycles. The Morgan fingerprint density at radius 2 is 2.00 bits per heavy atom. The molecular weight excluding hydrogens is 151 g/mol. The van der Waals surface area contributed by atoms with Gasteiger partial charge in [-0.25, -0.2) is 0 Å². The Kier molecular flexibility index (Phi) is 2.31. The van der Waals surface area contributed by atoms with Crippen molar-refractivity contribution in [2.24, 2.45) is 0 Å². The summed E-state index contributed by atoms with van der Waals surface area (Å²) in [6.45, 7) is 3.56. The van der Waals surface area contributed by atoms with Crippen LogP contribution in [0, 0.1) is 6.92 Å². The van der Waals surface area contributed by atoms with E-state index in [4.69, 9.17) is 7.85 Å². The van der Waals surface area contributed by atoms with Gasteiger partial charge in [0.05, 0.1) is 0 Å². The number of rotatable bonds is 1. The highest BCUT2D eigenvalue weighted by atomic mass is 16.3. The van der Waals surface area contributed by atoms with Crippen molar-refractivity contribution in [2.45, 2.75) is 20.3 Å². The van der Waals surface area contributed by atoms with Gasteiger partial charge in [0, 0.05) is 0 Å². The van der Waals surface area contributed by atoms with E-state index >= 15 is 0 Å². The van der Waals surface area contributed by atoms with Gasteiger partial charge < -0.3 is 10.2 Å². The van der Waals surface area contributed by atoms with E-state index in [1.54, 1.807) is 13.0 Å². The maximum atomic E-state index is 9.47. The first-order chi connectivity index (χ1) is 5.57. The van der Waals surface area contributed by atoms with Crippen molar-refractivity contribution in [1.29, 1.82) is 0 Å². The van der Waals surface area contributed by atoms with Crippen molar-refractivity contribution in [3.05, 3.63) is 17.2 Å². The maximum absolute atomic E-state index is 9.47. The van der Waals surface area contributed by atoms with Gasteiger partial charge in [0.1, 0.15) is 19.3 Å². The van der Waals surface area contributed by atoms with Crippen LogP contribution in [0.2, 0.25) is 0 Å². The first kappa shape index (κ1) is 8.98. The second-order valence-electron chi connectivity index (χ2n) is 2.80. The predicted molar refractivity (Wildman–Crippen MR) is 49.3 cm³/mol. The molecule has 0 unspecified atom stereocenters. The average molecular weight is 162 g/mol. The van der Waals surface area contributed by atoms with Crippen LogP contribution in [0.15, 0.2) is 6.07 Å². The highest BCUT2D eigenvalue weighted by Gasteiger charge is 2.08. The first-order valence-corrected chi connectivity index (χ1v) is 3.87. The molecule has 0 atom stereocenters. The Morgan fingerprint density at radius 3 is 2.50 bits per heavy atom. The Bertz CT molecular complexity index is 308. The highest BCUT2D eigenvalue weighted by molar-refractivity contribution is 6.35. The SMILES string of the molecule is [B]c1c(C)c(O)cc(CC)c1O. The summed E-state index contributed by atoms with van der Waals surface area (Å²) in [4.78, 5) is 0. The number of benzene rings is 1. The van der Waals surface area contributed by atoms with Gasteiger partial charge in [0.2, 0.25) is 0 Å². The van der Waals surface area contributed by atoms with Gasteiger partial charge in [-0.1, -0.05) is 6.92 Å². The second kappa shape index (κ2) is 3.09. The van der Waals surface area contributed by atoms with Crippen molar-refractivity contribution in [2.75, 3.05) is 0 Å². The summed E-state index contributed by atoms with van der Waals surface area (Å²) in [5, 5.41) is 18.8. The van der Waals surface area contributed by atoms with E-state index < -0.39 is 0 Å². The molecule has 0 bridgehead atoms. The number of phenols is 2. The quantitative estimate of drug-likeness (QED) is 0.472. The summed E-state index contributed by atoms with van der Waals surface area (Å²) in [5.74, 6) is 0.231. The Balaban J connectivity index is 3.39. The molecule has 0 aliphatic heterocycles. The zero-order valence-electron chi connectivity index (χ0n) is 7.26. The minimum absolute atomic E-state index is 0.0906. The van der Waals surface area contributed by atoms with Crippen LogP contribution >= 0.6 is 0 Å². The largest absolute Gasteiger partial charge is 0.508 e. The lowest BCUT2D eigenvalue weighted by Gasteiger charge is -2.10. The lowest BCUT2D eigenvalue weighted by atomic mass is 9.87. The summed E-state index contributed by atoms with van der Waals surface area (Å²) < 4.78 is 0. The molecule has 0 spiro atoms. The molecule has 0 saturated carbocycles. The summed E-state index contributed by atoms with van der Waals surface area (Å²) in [6.07, 6.45) is 0.657. The normalized spacial score (nSPS) is 10.2. The standard InChI is InChI=1S/C9H11BO2/c1-3-6-4-7(11)5(2)8(10)9(6)12/h4,11-12H,3H2,1-2H3. The topological polar surface area (TPSA) is 40.5 Å². The van der Waals surface area contributed by atoms with E-state index in [1.165, 1.54) is 0 Å². The minimum atomic E-state index is 0.0906. The molecule has 0 aliphatic rings. The summed E-state index contributed by atoms with van der Waals surface area (Å²) in [5.41, 5.74) is 1.48. The fourth-order valence-electron chi connectivity index (χ4n) is 1.10. The zero-order valence-corrected chi connectivity index (χ0v) is 7.26. The number of phenolic OH excluding ortho intramolecular Hbond substituents is 2. The number of aromatic hydroxyl groups is 2. The second-order valence-corrected chi connectivity index (χ2v) is 2.80. The summed E-state index contributed by atoms with van der Waals surface area (Å²) >= 11 is 0. The van der Waals surface area contributed by atoms with Crippen LogP contribution < -0.4 is 5.46 Å². The number of aryl methyl sites for hydroxylation is 1. The molecule has 1 aromatic rings. The minimum Gasteiger partial charge on any atom is -0.508 e. The van der Waals surface area contributed by atoms with E-state index in [0.29, 0.717) is 17.5 Å². The molecule has 0 fully saturated rings. The van der Waals surface area contributed by atoms with Crippen LogP contribution in [-0.2, 0) is 6.42 Å². The van der Waals surface area contributed by atoms with Crippen molar-refractivity contribution >= 4 is 13.3 Å². The number of hydrogen-bond acceptors (Lipinski definition) is 2. The van der Waals surface area contributed by atoms with Gasteiger partial charge in [0.15, 0.2) is 0 Å². The molecular formula is C9H11BO2. The van der Waals surface area contributed by atoms with Crippen LogP contribution in [0.25, 0.3) is 0 Å². The van der Waals surface area contributed by atoms with Gasteiger partial charge in [-0.2, -0.15) is 0 Å². The molecule has 0 aliphatic carbocycles. The molecule has 62 valence electrons. The van der Waals surface area contributed by atoms with E-state index in [-0.39, 0.29) is 17.0 Å². The fourth-order valence-corrected chi connectivity index (χ4v) is 1.10. The third-order valence-electron chi connectivity index (χ3n) is 2.04. The molecule has 0 amide bonds. The maximum Gasteiger partial charge on any atom is 0.119 e. The molecule has 2 N–H and O–H groups in total. The Morgan fingerprint density at radius 1 is 1.42 bits per heavy atom. The molecule has 2 radical (unpaired) electrons. The van der Waals surface area contributed by atoms with Gasteiger partial charge in [0.25, 0.3) is 0 Å². The van der Waals surface area contributed by atoms with Crippen molar-refractivity contribution < 1.29 is 10.2 Å². The lowest BCUT2D eigenvalue weighted by Crippen LogP contribution is -2.09. The average Bonchev–Trinajstić information content (AvgIpc) is 2.08. The fraction of sp³-hybridized carbons (Fsp3) is 0.333. The van der Waals surface area contributed by atoms with Crippen molar-refractivity contribution in [1.82, 2.24) is 0 Å². The monoisotopic (exact) mass is 162 g/mol. The first-order valence-electron chi connectivity index (χ1n) is 3.87. The zero-order chi connectivity index (χ0) is 9.30. The highest BCUT2D eigenvalue weighted by Crippen LogP contribution is 2.23. The predicted octanol–water partition coefficient (Wildman–Crippen LogP) is 0.762. The van der Waals surface area contributed by atoms with E-state index in [1.807, 2.05) is 6.92 Å². The molecule has 0 heterocycles. The van der Waals surface area contributed by atoms with Gasteiger partial charge in [-0.3, -0.25) is 0 Å². The summed E-state index contributed by atoms with van der Waals surface area (Å²) in [7, 11) is 5.55.